The molecule has 1 aromatic carbocycles. The number of hydrogen-bond acceptors (Lipinski definition) is 18. The number of nitrogen functional groups attached to an aromatic ring is 1. The van der Waals surface area contributed by atoms with Crippen LogP contribution in [0.3, 0.4) is 0 Å². The smallest absolute Gasteiger partial charge is 0.254 e. The van der Waals surface area contributed by atoms with Gasteiger partial charge in [0.2, 0.25) is 17.7 Å². The topological polar surface area (TPSA) is 249 Å². The molecule has 21 heteroatoms. The monoisotopic (exact) mass is 1050 g/mol. The van der Waals surface area contributed by atoms with E-state index in [-0.39, 0.29) is 72.9 Å². The maximum atomic E-state index is 14.2. The highest BCUT2D eigenvalue weighted by Crippen LogP contribution is 2.41. The standard InChI is InChI=1S/C56H69N13O8/c1-33(2)53(56(73)68-32-40(70)24-47(68)55(72)61-34(3)36-9-12-50(60-29-36)67-20-17-58-35(67)4)49-28-52(64-77-49)74-22-21-65-18-14-41(15-19-65)75-42-25-43(26-42)76-51-23-37(13-16-59-51)69-38-10-11-39(69)31-66(30-38)46-27-45(62-63-54(46)57)44-7-5-6-8-48(44)71/h5-9,12-13,16-17,20,23,27-29,33-34,38-43,47,53,70-71H,10-11,14-15,18-19,21-22,24-26,30-32H2,1-4H3,(H2,57,63)(H,61,72)/t34-,38+,39?,40+,42?,43?,47-,53-/m0/s1. The van der Waals surface area contributed by atoms with Gasteiger partial charge in [-0.1, -0.05) is 32.0 Å². The second-order valence-electron chi connectivity index (χ2n) is 21.6. The van der Waals surface area contributed by atoms with Gasteiger partial charge in [0.1, 0.15) is 42.1 Å². The van der Waals surface area contributed by atoms with Crippen LogP contribution in [0, 0.1) is 12.8 Å². The first-order valence-electron chi connectivity index (χ1n) is 27.1. The number of hydrogen-bond donors (Lipinski definition) is 4. The average Bonchev–Trinajstić information content (AvgIpc) is 4.22. The Morgan fingerprint density at radius 1 is 0.870 bits per heavy atom. The second kappa shape index (κ2) is 22.3. The van der Waals surface area contributed by atoms with E-state index in [1.807, 2.05) is 75.0 Å². The summed E-state index contributed by atoms with van der Waals surface area (Å²) >= 11 is 0. The number of phenols is 1. The number of nitrogens with zero attached hydrogens (tertiary/aromatic N) is 11. The quantitative estimate of drug-likeness (QED) is 0.0817. The number of benzene rings is 1. The summed E-state index contributed by atoms with van der Waals surface area (Å²) in [5.74, 6) is 1.77. The van der Waals surface area contributed by atoms with Gasteiger partial charge in [0.15, 0.2) is 11.6 Å². The number of pyridine rings is 2. The van der Waals surface area contributed by atoms with Crippen molar-refractivity contribution in [1.82, 2.24) is 50.0 Å². The predicted molar refractivity (Wildman–Crippen MR) is 286 cm³/mol. The number of phenolic OH excluding ortho intramolecular Hbond substituents is 1. The Morgan fingerprint density at radius 3 is 2.39 bits per heavy atom. The molecule has 2 amide bonds. The summed E-state index contributed by atoms with van der Waals surface area (Å²) in [6.07, 6.45) is 12.4. The normalized spacial score (nSPS) is 23.5. The molecule has 1 aliphatic carbocycles. The van der Waals surface area contributed by atoms with Gasteiger partial charge < -0.3 is 54.7 Å². The van der Waals surface area contributed by atoms with Gasteiger partial charge in [0.25, 0.3) is 5.88 Å². The van der Waals surface area contributed by atoms with Gasteiger partial charge in [0, 0.05) is 119 Å². The molecule has 11 rings (SSSR count). The molecule has 5 N–H and O–H groups in total. The largest absolute Gasteiger partial charge is 0.507 e. The fraction of sp³-hybridized carbons (Fsp3) is 0.500. The van der Waals surface area contributed by atoms with E-state index in [4.69, 9.17) is 24.5 Å². The number of carbonyl (C=O) groups excluding carboxylic acids is 2. The molecule has 406 valence electrons. The van der Waals surface area contributed by atoms with Crippen molar-refractivity contribution in [2.24, 2.45) is 5.92 Å². The number of aryl methyl sites for hydroxylation is 1. The number of fused-ring (bicyclic) bond motifs is 2. The molecule has 0 spiro atoms. The Morgan fingerprint density at radius 2 is 1.66 bits per heavy atom. The number of likely N-dealkylation sites (tertiary alicyclic amines) is 2. The lowest BCUT2D eigenvalue weighted by Gasteiger charge is -2.43. The van der Waals surface area contributed by atoms with Crippen molar-refractivity contribution in [1.29, 1.82) is 0 Å². The number of nitrogens with one attached hydrogen (secondary N) is 1. The molecular formula is C56H69N13O8. The Hall–Kier alpha value is -7.36. The zero-order chi connectivity index (χ0) is 53.3. The molecule has 21 nitrogen and oxygen atoms in total. The number of aliphatic hydroxyl groups excluding tert-OH is 1. The number of anilines is 3. The van der Waals surface area contributed by atoms with E-state index in [0.717, 1.165) is 93.3 Å². The van der Waals surface area contributed by atoms with Gasteiger partial charge in [-0.3, -0.25) is 19.1 Å². The van der Waals surface area contributed by atoms with Crippen molar-refractivity contribution in [2.75, 3.05) is 61.4 Å². The van der Waals surface area contributed by atoms with Crippen LogP contribution in [0.2, 0.25) is 0 Å². The second-order valence-corrected chi connectivity index (χ2v) is 21.6. The number of imidazole rings is 1. The van der Waals surface area contributed by atoms with Crippen LogP contribution in [-0.2, 0) is 14.3 Å². The minimum absolute atomic E-state index is 0.0366. The number of amides is 2. The molecule has 5 aromatic heterocycles. The van der Waals surface area contributed by atoms with Gasteiger partial charge in [-0.05, 0) is 86.5 Å². The Balaban J connectivity index is 0.601. The van der Waals surface area contributed by atoms with E-state index < -0.39 is 18.1 Å². The number of carbonyl (C=O) groups is 2. The van der Waals surface area contributed by atoms with Crippen molar-refractivity contribution in [3.05, 3.63) is 103 Å². The highest BCUT2D eigenvalue weighted by molar-refractivity contribution is 5.91. The van der Waals surface area contributed by atoms with Gasteiger partial charge in [0.05, 0.1) is 35.7 Å². The summed E-state index contributed by atoms with van der Waals surface area (Å²) < 4.78 is 26.6. The lowest BCUT2D eigenvalue weighted by Crippen LogP contribution is -2.54. The molecule has 1 saturated carbocycles. The first-order valence-corrected chi connectivity index (χ1v) is 27.1. The number of piperazine rings is 1. The van der Waals surface area contributed by atoms with Gasteiger partial charge >= 0.3 is 0 Å². The number of para-hydroxylation sites is 1. The fourth-order valence-corrected chi connectivity index (χ4v) is 11.8. The molecule has 5 aliphatic rings. The minimum Gasteiger partial charge on any atom is -0.507 e. The first kappa shape index (κ1) is 51.7. The maximum absolute atomic E-state index is 14.2. The van der Waals surface area contributed by atoms with Crippen LogP contribution in [0.25, 0.3) is 17.1 Å². The molecule has 5 fully saturated rings. The highest BCUT2D eigenvalue weighted by Gasteiger charge is 2.45. The molecule has 77 heavy (non-hydrogen) atoms. The molecule has 0 radical (unpaired) electrons. The van der Waals surface area contributed by atoms with Gasteiger partial charge in [-0.25, -0.2) is 15.0 Å². The average molecular weight is 1050 g/mol. The Kier molecular flexibility index (Phi) is 15.0. The number of piperidine rings is 1. The van der Waals surface area contributed by atoms with Crippen LogP contribution in [0.5, 0.6) is 17.5 Å². The molecule has 4 saturated heterocycles. The third-order valence-corrected chi connectivity index (χ3v) is 16.0. The third-order valence-electron chi connectivity index (χ3n) is 16.0. The van der Waals surface area contributed by atoms with E-state index in [1.54, 1.807) is 30.6 Å². The van der Waals surface area contributed by atoms with Crippen LogP contribution in [0.1, 0.15) is 94.8 Å². The zero-order valence-electron chi connectivity index (χ0n) is 44.1. The van der Waals surface area contributed by atoms with Crippen molar-refractivity contribution in [3.63, 3.8) is 0 Å². The maximum Gasteiger partial charge on any atom is 0.254 e. The number of aromatic hydroxyl groups is 1. The van der Waals surface area contributed by atoms with Crippen LogP contribution >= 0.6 is 0 Å². The fourth-order valence-electron chi connectivity index (χ4n) is 11.8. The van der Waals surface area contributed by atoms with Crippen molar-refractivity contribution >= 4 is 29.0 Å². The van der Waals surface area contributed by atoms with Crippen LogP contribution in [0.15, 0.2) is 90.0 Å². The van der Waals surface area contributed by atoms with Crippen molar-refractivity contribution < 1.29 is 38.5 Å². The summed E-state index contributed by atoms with van der Waals surface area (Å²) in [7, 11) is 0. The van der Waals surface area contributed by atoms with Crippen LogP contribution < -0.4 is 30.3 Å². The number of nitrogens with two attached hydrogens (primary N) is 1. The summed E-state index contributed by atoms with van der Waals surface area (Å²) in [6.45, 7) is 12.1. The number of aromatic nitrogens is 7. The zero-order valence-corrected chi connectivity index (χ0v) is 44.1. The van der Waals surface area contributed by atoms with E-state index in [9.17, 15) is 19.8 Å². The molecular weight excluding hydrogens is 983 g/mol. The van der Waals surface area contributed by atoms with Crippen LogP contribution in [0.4, 0.5) is 17.2 Å². The van der Waals surface area contributed by atoms with E-state index in [2.05, 4.69) is 62.5 Å². The molecule has 6 aromatic rings. The number of aliphatic hydroxyl groups is 1. The number of β-amino-alcohol motifs (C(OH)–C–C–N with tert-alkyl or cyclic N) is 1. The Labute approximate surface area is 447 Å². The molecule has 4 aliphatic heterocycles. The summed E-state index contributed by atoms with van der Waals surface area (Å²) in [5.41, 5.74) is 10.4. The molecule has 6 atom stereocenters. The molecule has 1 unspecified atom stereocenters. The van der Waals surface area contributed by atoms with E-state index >= 15 is 0 Å². The molecule has 2 bridgehead atoms. The van der Waals surface area contributed by atoms with E-state index in [1.165, 1.54) is 4.90 Å². The van der Waals surface area contributed by atoms with Crippen molar-refractivity contribution in [3.8, 4) is 34.6 Å². The third kappa shape index (κ3) is 11.2. The Bertz CT molecular complexity index is 3000. The lowest BCUT2D eigenvalue weighted by molar-refractivity contribution is -0.141. The van der Waals surface area contributed by atoms with Crippen LogP contribution in [-0.4, -0.2) is 155 Å². The summed E-state index contributed by atoms with van der Waals surface area (Å²) in [6, 6.07) is 18.0. The lowest BCUT2D eigenvalue weighted by atomic mass is 9.91. The minimum atomic E-state index is -0.856. The SMILES string of the molecule is Cc1nccn1-c1ccc([C@H](C)NC(=O)[C@@H]2C[C@@H](O)CN2C(=O)[C@H](c2cc(OCCN3CCC(OC4CC(Oc5cc(N6C7CC[C@@H]6CN(c6cc(-c8ccccc8O)nnc6N)C7)ccn5)C4)CC3)no2)C(C)C)cn1. The van der Waals surface area contributed by atoms with E-state index in [0.29, 0.717) is 47.7 Å². The first-order chi connectivity index (χ1) is 37.3. The van der Waals surface area contributed by atoms with Gasteiger partial charge in [-0.2, -0.15) is 0 Å². The van der Waals surface area contributed by atoms with Gasteiger partial charge in [-0.15, -0.1) is 10.2 Å². The summed E-state index contributed by atoms with van der Waals surface area (Å²) in [4.78, 5) is 50.0. The summed E-state index contributed by atoms with van der Waals surface area (Å²) in [5, 5.41) is 36.9. The predicted octanol–water partition coefficient (Wildman–Crippen LogP) is 5.61. The molecule has 9 heterocycles. The number of rotatable bonds is 18. The van der Waals surface area contributed by atoms with Crippen molar-refractivity contribution in [2.45, 2.75) is 127 Å². The highest BCUT2D eigenvalue weighted by atomic mass is 16.5. The number of ether oxygens (including phenoxy) is 3.